The number of carbonyl (C=O) groups is 1. The Morgan fingerprint density at radius 1 is 1.15 bits per heavy atom. The Labute approximate surface area is 233 Å². The SMILES string of the molecule is CNC.COc1cc(N2CCCC2)c(N)cc1Nc1ncc(C#N)c(-c2cn3c4c(cccc24)N(C)C(=O)C3)n1. The molecular formula is C29H33N9O2. The number of benzene rings is 2. The third kappa shape index (κ3) is 4.74. The van der Waals surface area contributed by atoms with Gasteiger partial charge in [-0.15, -0.1) is 0 Å². The molecule has 0 atom stereocenters. The van der Waals surface area contributed by atoms with E-state index in [4.69, 9.17) is 15.5 Å². The van der Waals surface area contributed by atoms with E-state index in [1.165, 1.54) is 6.20 Å². The van der Waals surface area contributed by atoms with Crippen LogP contribution in [-0.2, 0) is 11.3 Å². The summed E-state index contributed by atoms with van der Waals surface area (Å²) in [5.41, 5.74) is 12.0. The van der Waals surface area contributed by atoms with Gasteiger partial charge in [-0.25, -0.2) is 9.97 Å². The van der Waals surface area contributed by atoms with E-state index in [1.54, 1.807) is 19.1 Å². The Bertz CT molecular complexity index is 1620. The van der Waals surface area contributed by atoms with Gasteiger partial charge in [-0.3, -0.25) is 4.79 Å². The minimum Gasteiger partial charge on any atom is -0.494 e. The maximum atomic E-state index is 12.5. The molecule has 2 aliphatic rings. The number of anilines is 5. The molecule has 0 radical (unpaired) electrons. The predicted octanol–water partition coefficient (Wildman–Crippen LogP) is 3.72. The molecule has 0 aliphatic carbocycles. The summed E-state index contributed by atoms with van der Waals surface area (Å²) in [6.45, 7) is 2.17. The number of nitrogens with one attached hydrogen (secondary N) is 2. The zero-order chi connectivity index (χ0) is 28.4. The molecule has 0 bridgehead atoms. The highest BCUT2D eigenvalue weighted by molar-refractivity contribution is 6.10. The number of aromatic nitrogens is 3. The molecule has 0 saturated carbocycles. The predicted molar refractivity (Wildman–Crippen MR) is 158 cm³/mol. The van der Waals surface area contributed by atoms with Gasteiger partial charge in [-0.1, -0.05) is 12.1 Å². The number of nitrogens with two attached hydrogens (primary N) is 1. The number of ether oxygens (including phenoxy) is 1. The number of nitrogen functional groups attached to an aromatic ring is 1. The molecule has 2 aromatic carbocycles. The molecule has 2 aliphatic heterocycles. The van der Waals surface area contributed by atoms with E-state index in [1.807, 2.05) is 55.2 Å². The van der Waals surface area contributed by atoms with Crippen molar-refractivity contribution in [2.45, 2.75) is 19.4 Å². The molecule has 1 amide bonds. The highest BCUT2D eigenvalue weighted by atomic mass is 16.5. The van der Waals surface area contributed by atoms with Crippen molar-refractivity contribution in [3.05, 3.63) is 48.3 Å². The van der Waals surface area contributed by atoms with Gasteiger partial charge in [0.05, 0.1) is 52.8 Å². The molecule has 11 nitrogen and oxygen atoms in total. The molecule has 4 heterocycles. The largest absolute Gasteiger partial charge is 0.494 e. The molecule has 2 aromatic heterocycles. The summed E-state index contributed by atoms with van der Waals surface area (Å²) in [5.74, 6) is 0.926. The van der Waals surface area contributed by atoms with E-state index in [0.717, 1.165) is 53.8 Å². The highest BCUT2D eigenvalue weighted by Gasteiger charge is 2.26. The molecule has 1 fully saturated rings. The highest BCUT2D eigenvalue weighted by Crippen LogP contribution is 2.40. The number of para-hydroxylation sites is 1. The van der Waals surface area contributed by atoms with Gasteiger partial charge in [0.15, 0.2) is 0 Å². The van der Waals surface area contributed by atoms with Crippen molar-refractivity contribution in [1.29, 1.82) is 5.26 Å². The van der Waals surface area contributed by atoms with Crippen molar-refractivity contribution >= 4 is 45.5 Å². The van der Waals surface area contributed by atoms with Crippen LogP contribution in [0, 0.1) is 11.3 Å². The summed E-state index contributed by atoms with van der Waals surface area (Å²) >= 11 is 0. The van der Waals surface area contributed by atoms with E-state index in [0.29, 0.717) is 34.3 Å². The number of nitrogens with zero attached hydrogens (tertiary/aromatic N) is 6. The second-order valence-electron chi connectivity index (χ2n) is 9.79. The van der Waals surface area contributed by atoms with Gasteiger partial charge >= 0.3 is 0 Å². The minimum atomic E-state index is -0.00485. The first kappa shape index (κ1) is 26.8. The fourth-order valence-electron chi connectivity index (χ4n) is 5.24. The Balaban J connectivity index is 0.00000103. The normalized spacial score (nSPS) is 14.1. The van der Waals surface area contributed by atoms with Crippen LogP contribution in [0.1, 0.15) is 18.4 Å². The average molecular weight is 540 g/mol. The first-order valence-corrected chi connectivity index (χ1v) is 13.1. The Hall–Kier alpha value is -4.82. The zero-order valence-electron chi connectivity index (χ0n) is 23.2. The Morgan fingerprint density at radius 3 is 2.60 bits per heavy atom. The van der Waals surface area contributed by atoms with Crippen LogP contribution in [0.25, 0.3) is 22.2 Å². The fourth-order valence-corrected chi connectivity index (χ4v) is 5.24. The molecule has 0 spiro atoms. The number of nitriles is 1. The molecule has 206 valence electrons. The van der Waals surface area contributed by atoms with Crippen LogP contribution in [0.5, 0.6) is 5.75 Å². The summed E-state index contributed by atoms with van der Waals surface area (Å²) in [6, 6.07) is 11.8. The van der Waals surface area contributed by atoms with Crippen LogP contribution in [0.2, 0.25) is 0 Å². The van der Waals surface area contributed by atoms with Crippen molar-refractivity contribution in [3.8, 4) is 23.1 Å². The summed E-state index contributed by atoms with van der Waals surface area (Å²) in [7, 11) is 7.14. The van der Waals surface area contributed by atoms with Crippen LogP contribution >= 0.6 is 0 Å². The minimum absolute atomic E-state index is 0.00485. The van der Waals surface area contributed by atoms with Crippen molar-refractivity contribution in [1.82, 2.24) is 19.9 Å². The number of hydrogen-bond donors (Lipinski definition) is 3. The topological polar surface area (TPSA) is 137 Å². The lowest BCUT2D eigenvalue weighted by atomic mass is 10.1. The van der Waals surface area contributed by atoms with Gasteiger partial charge in [0.1, 0.15) is 18.4 Å². The third-order valence-electron chi connectivity index (χ3n) is 7.12. The van der Waals surface area contributed by atoms with Crippen LogP contribution in [0.3, 0.4) is 0 Å². The number of methoxy groups -OCH3 is 1. The second-order valence-corrected chi connectivity index (χ2v) is 9.79. The number of hydrogen-bond acceptors (Lipinski definition) is 9. The van der Waals surface area contributed by atoms with E-state index < -0.39 is 0 Å². The quantitative estimate of drug-likeness (QED) is 0.324. The van der Waals surface area contributed by atoms with E-state index in [-0.39, 0.29) is 12.5 Å². The van der Waals surface area contributed by atoms with Crippen LogP contribution in [-0.4, -0.2) is 61.8 Å². The van der Waals surface area contributed by atoms with Crippen molar-refractivity contribution in [2.75, 3.05) is 62.2 Å². The second kappa shape index (κ2) is 11.1. The molecular weight excluding hydrogens is 506 g/mol. The summed E-state index contributed by atoms with van der Waals surface area (Å²) in [6.07, 6.45) is 5.68. The number of likely N-dealkylation sites (N-methyl/N-ethyl adjacent to an activating group) is 1. The lowest BCUT2D eigenvalue weighted by molar-refractivity contribution is -0.119. The maximum absolute atomic E-state index is 12.5. The van der Waals surface area contributed by atoms with Gasteiger partial charge in [0.25, 0.3) is 0 Å². The monoisotopic (exact) mass is 539 g/mol. The summed E-state index contributed by atoms with van der Waals surface area (Å²) in [4.78, 5) is 25.5. The number of carbonyl (C=O) groups excluding carboxylic acids is 1. The van der Waals surface area contributed by atoms with Gasteiger partial charge in [0.2, 0.25) is 11.9 Å². The molecule has 1 saturated heterocycles. The van der Waals surface area contributed by atoms with Crippen LogP contribution < -0.4 is 30.9 Å². The summed E-state index contributed by atoms with van der Waals surface area (Å²) in [5, 5.41) is 16.7. The average Bonchev–Trinajstić information content (AvgIpc) is 3.61. The summed E-state index contributed by atoms with van der Waals surface area (Å²) < 4.78 is 7.57. The number of amides is 1. The molecule has 4 aromatic rings. The van der Waals surface area contributed by atoms with Gasteiger partial charge in [-0.2, -0.15) is 5.26 Å². The Kier molecular flexibility index (Phi) is 7.44. The standard InChI is InChI=1S/C27H26N8O2.C2H7N/c1-33-21-7-5-6-17-18(14-35(26(17)21)15-24(33)36)25-16(12-28)13-30-27(32-25)31-20-10-19(29)22(11-23(20)37-2)34-8-3-4-9-34;1-3-2/h5-7,10-11,13-14H,3-4,8-9,15,29H2,1-2H3,(H,30,31,32);3H,1-2H3. The lowest BCUT2D eigenvalue weighted by Gasteiger charge is -2.24. The Morgan fingerprint density at radius 2 is 1.90 bits per heavy atom. The van der Waals surface area contributed by atoms with Gasteiger partial charge in [0, 0.05) is 43.4 Å². The third-order valence-corrected chi connectivity index (χ3v) is 7.12. The van der Waals surface area contributed by atoms with Crippen molar-refractivity contribution in [3.63, 3.8) is 0 Å². The van der Waals surface area contributed by atoms with E-state index in [9.17, 15) is 10.1 Å². The smallest absolute Gasteiger partial charge is 0.246 e. The van der Waals surface area contributed by atoms with E-state index in [2.05, 4.69) is 26.6 Å². The first-order valence-electron chi connectivity index (χ1n) is 13.1. The lowest BCUT2D eigenvalue weighted by Crippen LogP contribution is -2.33. The molecule has 4 N–H and O–H groups in total. The first-order chi connectivity index (χ1) is 19.4. The number of rotatable bonds is 5. The maximum Gasteiger partial charge on any atom is 0.246 e. The molecule has 0 unspecified atom stereocenters. The molecule has 6 rings (SSSR count). The fraction of sp³-hybridized carbons (Fsp3) is 0.310. The van der Waals surface area contributed by atoms with Gasteiger partial charge < -0.3 is 35.5 Å². The zero-order valence-corrected chi connectivity index (χ0v) is 23.2. The van der Waals surface area contributed by atoms with Crippen LogP contribution in [0.15, 0.2) is 42.7 Å². The van der Waals surface area contributed by atoms with Crippen LogP contribution in [0.4, 0.5) is 28.7 Å². The van der Waals surface area contributed by atoms with Crippen molar-refractivity contribution in [2.24, 2.45) is 0 Å². The van der Waals surface area contributed by atoms with E-state index >= 15 is 0 Å². The van der Waals surface area contributed by atoms with Gasteiger partial charge in [-0.05, 0) is 39.1 Å². The molecule has 40 heavy (non-hydrogen) atoms. The molecule has 11 heteroatoms. The van der Waals surface area contributed by atoms with Crippen molar-refractivity contribution < 1.29 is 9.53 Å².